The van der Waals surface area contributed by atoms with Crippen LogP contribution in [0.25, 0.3) is 0 Å². The maximum atomic E-state index is 8.26. The minimum absolute atomic E-state index is 0. The van der Waals surface area contributed by atoms with Crippen LogP contribution in [0, 0.1) is 6.61 Å². The molecule has 0 atom stereocenters. The van der Waals surface area contributed by atoms with Gasteiger partial charge in [0.15, 0.2) is 0 Å². The minimum Gasteiger partial charge on any atom is -0.564 e. The molecule has 5 heteroatoms. The zero-order valence-electron chi connectivity index (χ0n) is 6.16. The number of ether oxygens (including phenoxy) is 2. The molecule has 2 N–H and O–H groups in total. The Morgan fingerprint density at radius 2 is 1.73 bits per heavy atom. The second-order valence-corrected chi connectivity index (χ2v) is 1.59. The molecule has 71 valence electrons. The summed E-state index contributed by atoms with van der Waals surface area (Å²) in [6.45, 7) is 2.43. The largest absolute Gasteiger partial charge is 0.564 e. The Labute approximate surface area is 76.7 Å². The van der Waals surface area contributed by atoms with E-state index in [1.165, 1.54) is 0 Å². The standard InChI is InChI=1S/C6H13O4.Co/c7-1-3-9-5-6-10-4-2-8;/h1,7-8H,2-6H2;/q-1;. The van der Waals surface area contributed by atoms with E-state index in [0.29, 0.717) is 19.8 Å². The molecule has 0 heterocycles. The van der Waals surface area contributed by atoms with Gasteiger partial charge in [0.05, 0.1) is 26.4 Å². The Balaban J connectivity index is 0. The summed E-state index contributed by atoms with van der Waals surface area (Å²) in [6, 6.07) is 0. The van der Waals surface area contributed by atoms with Crippen LogP contribution >= 0.6 is 0 Å². The zero-order chi connectivity index (χ0) is 7.66. The third-order valence-electron chi connectivity index (χ3n) is 0.800. The molecule has 0 aliphatic heterocycles. The predicted molar refractivity (Wildman–Crippen MR) is 35.0 cm³/mol. The van der Waals surface area contributed by atoms with Crippen LogP contribution in [-0.4, -0.2) is 43.2 Å². The van der Waals surface area contributed by atoms with E-state index in [1.54, 1.807) is 0 Å². The zero-order valence-corrected chi connectivity index (χ0v) is 7.20. The van der Waals surface area contributed by atoms with E-state index in [0.717, 1.165) is 6.61 Å². The summed E-state index contributed by atoms with van der Waals surface area (Å²) in [5.74, 6) is 0. The fraction of sp³-hybridized carbons (Fsp3) is 0.833. The molecule has 0 fully saturated rings. The van der Waals surface area contributed by atoms with Crippen LogP contribution in [0.1, 0.15) is 0 Å². The van der Waals surface area contributed by atoms with Crippen LogP contribution in [0.5, 0.6) is 0 Å². The molecule has 0 aliphatic carbocycles. The van der Waals surface area contributed by atoms with Crippen molar-refractivity contribution in [2.45, 2.75) is 0 Å². The molecule has 11 heavy (non-hydrogen) atoms. The first kappa shape index (κ1) is 13.9. The Hall–Kier alpha value is 0.346. The molecule has 1 radical (unpaired) electrons. The first-order chi connectivity index (χ1) is 4.91. The molecule has 0 aliphatic rings. The number of aliphatic hydroxyl groups is 2. The van der Waals surface area contributed by atoms with E-state index >= 15 is 0 Å². The van der Waals surface area contributed by atoms with Crippen molar-refractivity contribution in [2.75, 3.05) is 33.0 Å². The topological polar surface area (TPSA) is 58.9 Å². The van der Waals surface area contributed by atoms with Gasteiger partial charge >= 0.3 is 0 Å². The third kappa shape index (κ3) is 13.4. The maximum Gasteiger partial charge on any atom is 0.0700 e. The number of hydrogen-bond acceptors (Lipinski definition) is 4. The van der Waals surface area contributed by atoms with Gasteiger partial charge in [-0.15, -0.1) is 0 Å². The van der Waals surface area contributed by atoms with E-state index in [4.69, 9.17) is 19.7 Å². The van der Waals surface area contributed by atoms with Crippen LogP contribution in [0.2, 0.25) is 0 Å². The molecule has 0 amide bonds. The molecule has 0 saturated heterocycles. The normalized spacial score (nSPS) is 9.27. The Morgan fingerprint density at radius 3 is 2.27 bits per heavy atom. The van der Waals surface area contributed by atoms with Crippen molar-refractivity contribution in [1.82, 2.24) is 0 Å². The summed E-state index contributed by atoms with van der Waals surface area (Å²) in [7, 11) is 0. The van der Waals surface area contributed by atoms with E-state index in [2.05, 4.69) is 0 Å². The summed E-state index contributed by atoms with van der Waals surface area (Å²) in [6.07, 6.45) is 0. The summed E-state index contributed by atoms with van der Waals surface area (Å²) < 4.78 is 9.68. The molecular formula is C6H13CoO4-. The van der Waals surface area contributed by atoms with E-state index < -0.39 is 0 Å². The van der Waals surface area contributed by atoms with Crippen molar-refractivity contribution in [3.05, 3.63) is 6.61 Å². The molecule has 4 nitrogen and oxygen atoms in total. The third-order valence-corrected chi connectivity index (χ3v) is 0.800. The van der Waals surface area contributed by atoms with Gasteiger partial charge in [-0.25, -0.2) is 0 Å². The molecule has 0 unspecified atom stereocenters. The SMILES string of the molecule is O[CH-]COCCOCCO.[Co]. The first-order valence-corrected chi connectivity index (χ1v) is 3.14. The van der Waals surface area contributed by atoms with Gasteiger partial charge in [0.25, 0.3) is 0 Å². The molecule has 0 aromatic rings. The van der Waals surface area contributed by atoms with Gasteiger partial charge in [0, 0.05) is 16.8 Å². The Bertz CT molecular complexity index is 54.5. The van der Waals surface area contributed by atoms with Crippen molar-refractivity contribution in [3.63, 3.8) is 0 Å². The predicted octanol–water partition coefficient (Wildman–Crippen LogP) is -0.456. The second kappa shape index (κ2) is 13.0. The van der Waals surface area contributed by atoms with Crippen LogP contribution in [0.3, 0.4) is 0 Å². The van der Waals surface area contributed by atoms with Gasteiger partial charge in [-0.1, -0.05) is 6.61 Å². The maximum absolute atomic E-state index is 8.26. The molecular weight excluding hydrogens is 195 g/mol. The summed E-state index contributed by atoms with van der Waals surface area (Å²) in [5.41, 5.74) is 0. The van der Waals surface area contributed by atoms with Crippen LogP contribution in [0.4, 0.5) is 0 Å². The van der Waals surface area contributed by atoms with Gasteiger partial charge in [0.2, 0.25) is 0 Å². The minimum atomic E-state index is 0. The van der Waals surface area contributed by atoms with Gasteiger partial charge in [-0.2, -0.15) is 6.61 Å². The fourth-order valence-corrected chi connectivity index (χ4v) is 0.421. The Kier molecular flexibility index (Phi) is 16.4. The van der Waals surface area contributed by atoms with E-state index in [-0.39, 0.29) is 30.0 Å². The fourth-order valence-electron chi connectivity index (χ4n) is 0.421. The van der Waals surface area contributed by atoms with Crippen LogP contribution < -0.4 is 0 Å². The number of hydrogen-bond donors (Lipinski definition) is 2. The number of rotatable bonds is 7. The smallest absolute Gasteiger partial charge is 0.0700 e. The van der Waals surface area contributed by atoms with Crippen molar-refractivity contribution in [2.24, 2.45) is 0 Å². The van der Waals surface area contributed by atoms with Crippen molar-refractivity contribution >= 4 is 0 Å². The molecule has 0 spiro atoms. The first-order valence-electron chi connectivity index (χ1n) is 3.14. The van der Waals surface area contributed by atoms with Crippen molar-refractivity contribution < 1.29 is 36.5 Å². The van der Waals surface area contributed by atoms with Crippen LogP contribution in [-0.2, 0) is 26.3 Å². The molecule has 0 rings (SSSR count). The molecule has 0 aromatic heterocycles. The van der Waals surface area contributed by atoms with Gasteiger partial charge in [-0.3, -0.25) is 0 Å². The summed E-state index contributed by atoms with van der Waals surface area (Å²) in [4.78, 5) is 0. The quantitative estimate of drug-likeness (QED) is 0.439. The Morgan fingerprint density at radius 1 is 1.09 bits per heavy atom. The molecule has 0 saturated carbocycles. The number of aliphatic hydroxyl groups excluding tert-OH is 2. The average molecular weight is 208 g/mol. The monoisotopic (exact) mass is 208 g/mol. The van der Waals surface area contributed by atoms with Crippen LogP contribution in [0.15, 0.2) is 0 Å². The van der Waals surface area contributed by atoms with E-state index in [9.17, 15) is 0 Å². The summed E-state index contributed by atoms with van der Waals surface area (Å²) in [5, 5.41) is 16.4. The molecule has 0 aromatic carbocycles. The average Bonchev–Trinajstić information content (AvgIpc) is 1.97. The second-order valence-electron chi connectivity index (χ2n) is 1.59. The van der Waals surface area contributed by atoms with E-state index in [1.807, 2.05) is 0 Å². The van der Waals surface area contributed by atoms with Gasteiger partial charge in [-0.05, 0) is 0 Å². The molecule has 0 bridgehead atoms. The van der Waals surface area contributed by atoms with Crippen molar-refractivity contribution in [1.29, 1.82) is 0 Å². The van der Waals surface area contributed by atoms with Gasteiger partial charge < -0.3 is 19.7 Å². The van der Waals surface area contributed by atoms with Gasteiger partial charge in [0.1, 0.15) is 0 Å². The summed E-state index contributed by atoms with van der Waals surface area (Å²) >= 11 is 0. The van der Waals surface area contributed by atoms with Crippen molar-refractivity contribution in [3.8, 4) is 0 Å².